The van der Waals surface area contributed by atoms with Crippen LogP contribution in [0.5, 0.6) is 0 Å². The quantitative estimate of drug-likeness (QED) is 0.600. The monoisotopic (exact) mass is 252 g/mol. The van der Waals surface area contributed by atoms with Crippen LogP contribution in [0.4, 0.5) is 0 Å². The van der Waals surface area contributed by atoms with Crippen molar-refractivity contribution in [3.8, 4) is 11.1 Å². The van der Waals surface area contributed by atoms with Gasteiger partial charge in [-0.15, -0.1) is 0 Å². The smallest absolute Gasteiger partial charge is 0.310 e. The summed E-state index contributed by atoms with van der Waals surface area (Å²) in [6, 6.07) is 17.9. The van der Waals surface area contributed by atoms with Gasteiger partial charge in [0.05, 0.1) is 6.42 Å². The van der Waals surface area contributed by atoms with Crippen LogP contribution in [0, 0.1) is 0 Å². The van der Waals surface area contributed by atoms with Crippen molar-refractivity contribution in [1.29, 1.82) is 0 Å². The van der Waals surface area contributed by atoms with Gasteiger partial charge in [0.15, 0.2) is 0 Å². The first kappa shape index (κ1) is 13.1. The molecule has 0 unspecified atom stereocenters. The molecule has 0 spiro atoms. The third-order valence-electron chi connectivity index (χ3n) is 2.80. The number of ether oxygens (including phenoxy) is 1. The van der Waals surface area contributed by atoms with Crippen molar-refractivity contribution in [2.45, 2.75) is 6.42 Å². The third-order valence-corrected chi connectivity index (χ3v) is 2.80. The molecule has 0 amide bonds. The Kier molecular flexibility index (Phi) is 4.51. The number of carbonyl (C=O) groups is 1. The predicted octanol–water partition coefficient (Wildman–Crippen LogP) is 3.63. The Morgan fingerprint density at radius 1 is 1.05 bits per heavy atom. The van der Waals surface area contributed by atoms with Crippen molar-refractivity contribution < 1.29 is 9.53 Å². The van der Waals surface area contributed by atoms with Crippen molar-refractivity contribution in [1.82, 2.24) is 0 Å². The lowest BCUT2D eigenvalue weighted by atomic mass is 9.98. The highest BCUT2D eigenvalue weighted by atomic mass is 16.5. The maximum absolute atomic E-state index is 11.7. The molecular weight excluding hydrogens is 236 g/mol. The van der Waals surface area contributed by atoms with E-state index < -0.39 is 0 Å². The van der Waals surface area contributed by atoms with Gasteiger partial charge >= 0.3 is 5.97 Å². The highest BCUT2D eigenvalue weighted by molar-refractivity contribution is 5.77. The van der Waals surface area contributed by atoms with E-state index in [0.29, 0.717) is 0 Å². The van der Waals surface area contributed by atoms with Crippen LogP contribution in [0.15, 0.2) is 67.3 Å². The molecule has 0 atom stereocenters. The highest BCUT2D eigenvalue weighted by Crippen LogP contribution is 2.23. The lowest BCUT2D eigenvalue weighted by molar-refractivity contribution is -0.141. The molecule has 0 radical (unpaired) electrons. The highest BCUT2D eigenvalue weighted by Gasteiger charge is 2.09. The van der Waals surface area contributed by atoms with Gasteiger partial charge in [-0.25, -0.2) is 0 Å². The first-order valence-corrected chi connectivity index (χ1v) is 6.21. The van der Waals surface area contributed by atoms with Crippen molar-refractivity contribution in [2.75, 3.05) is 6.61 Å². The summed E-state index contributed by atoms with van der Waals surface area (Å²) < 4.78 is 5.03. The summed E-state index contributed by atoms with van der Waals surface area (Å²) in [4.78, 5) is 11.7. The normalized spacial score (nSPS) is 9.89. The number of hydrogen-bond acceptors (Lipinski definition) is 2. The molecule has 0 aliphatic rings. The van der Waals surface area contributed by atoms with Crippen molar-refractivity contribution in [3.63, 3.8) is 0 Å². The van der Waals surface area contributed by atoms with Crippen LogP contribution in [0.25, 0.3) is 11.1 Å². The largest absolute Gasteiger partial charge is 0.461 e. The molecule has 0 fully saturated rings. The van der Waals surface area contributed by atoms with E-state index in [-0.39, 0.29) is 19.0 Å². The second-order valence-electron chi connectivity index (χ2n) is 4.17. The van der Waals surface area contributed by atoms with E-state index in [4.69, 9.17) is 4.74 Å². The van der Waals surface area contributed by atoms with Crippen LogP contribution >= 0.6 is 0 Å². The molecule has 0 aliphatic heterocycles. The first-order chi connectivity index (χ1) is 9.31. The lowest BCUT2D eigenvalue weighted by Gasteiger charge is -2.09. The summed E-state index contributed by atoms with van der Waals surface area (Å²) in [5.74, 6) is -0.233. The summed E-state index contributed by atoms with van der Waals surface area (Å²) in [7, 11) is 0. The van der Waals surface area contributed by atoms with E-state index in [1.165, 1.54) is 0 Å². The van der Waals surface area contributed by atoms with Crippen LogP contribution < -0.4 is 0 Å². The number of rotatable bonds is 5. The third kappa shape index (κ3) is 3.55. The van der Waals surface area contributed by atoms with Crippen molar-refractivity contribution in [2.24, 2.45) is 0 Å². The van der Waals surface area contributed by atoms with Gasteiger partial charge in [-0.3, -0.25) is 4.79 Å². The van der Waals surface area contributed by atoms with Gasteiger partial charge < -0.3 is 4.74 Å². The molecule has 2 aromatic rings. The van der Waals surface area contributed by atoms with E-state index in [1.54, 1.807) is 6.08 Å². The minimum absolute atomic E-state index is 0.233. The molecule has 2 heteroatoms. The predicted molar refractivity (Wildman–Crippen MR) is 76.7 cm³/mol. The Morgan fingerprint density at radius 2 is 1.74 bits per heavy atom. The molecule has 0 aromatic heterocycles. The minimum Gasteiger partial charge on any atom is -0.461 e. The number of benzene rings is 2. The Labute approximate surface area is 113 Å². The average Bonchev–Trinajstić information content (AvgIpc) is 2.46. The maximum atomic E-state index is 11.7. The van der Waals surface area contributed by atoms with Crippen LogP contribution in [0.3, 0.4) is 0 Å². The molecule has 96 valence electrons. The number of carbonyl (C=O) groups excluding carboxylic acids is 1. The summed E-state index contributed by atoms with van der Waals surface area (Å²) in [6.07, 6.45) is 1.85. The molecule has 0 aliphatic carbocycles. The molecule has 0 bridgehead atoms. The zero-order valence-corrected chi connectivity index (χ0v) is 10.7. The molecule has 0 heterocycles. The van der Waals surface area contributed by atoms with Gasteiger partial charge in [0.1, 0.15) is 6.61 Å². The Bertz CT molecular complexity index is 558. The molecule has 2 aromatic carbocycles. The number of esters is 1. The topological polar surface area (TPSA) is 26.3 Å². The zero-order valence-electron chi connectivity index (χ0n) is 10.7. The maximum Gasteiger partial charge on any atom is 0.310 e. The minimum atomic E-state index is -0.233. The fourth-order valence-electron chi connectivity index (χ4n) is 1.93. The van der Waals surface area contributed by atoms with Crippen LogP contribution in [0.1, 0.15) is 5.56 Å². The molecule has 0 N–H and O–H groups in total. The van der Waals surface area contributed by atoms with E-state index in [1.807, 2.05) is 54.6 Å². The lowest BCUT2D eigenvalue weighted by Crippen LogP contribution is -2.08. The summed E-state index contributed by atoms with van der Waals surface area (Å²) in [5, 5.41) is 0. The van der Waals surface area contributed by atoms with Gasteiger partial charge in [-0.2, -0.15) is 0 Å². The molecule has 2 nitrogen and oxygen atoms in total. The first-order valence-electron chi connectivity index (χ1n) is 6.21. The van der Waals surface area contributed by atoms with Gasteiger partial charge in [0.25, 0.3) is 0 Å². The van der Waals surface area contributed by atoms with Crippen molar-refractivity contribution >= 4 is 5.97 Å². The van der Waals surface area contributed by atoms with Gasteiger partial charge in [-0.05, 0) is 16.7 Å². The SMILES string of the molecule is C=CCOC(=O)Cc1ccccc1-c1ccccc1. The fourth-order valence-corrected chi connectivity index (χ4v) is 1.93. The van der Waals surface area contributed by atoms with E-state index in [9.17, 15) is 4.79 Å². The molecule has 0 saturated carbocycles. The Balaban J connectivity index is 2.22. The van der Waals surface area contributed by atoms with Gasteiger partial charge in [0, 0.05) is 0 Å². The van der Waals surface area contributed by atoms with E-state index in [0.717, 1.165) is 16.7 Å². The summed E-state index contributed by atoms with van der Waals surface area (Å²) in [5.41, 5.74) is 3.15. The van der Waals surface area contributed by atoms with Crippen LogP contribution in [-0.4, -0.2) is 12.6 Å². The molecule has 0 saturated heterocycles. The Morgan fingerprint density at radius 3 is 2.47 bits per heavy atom. The van der Waals surface area contributed by atoms with Crippen LogP contribution in [0.2, 0.25) is 0 Å². The van der Waals surface area contributed by atoms with E-state index in [2.05, 4.69) is 6.58 Å². The van der Waals surface area contributed by atoms with Gasteiger partial charge in [-0.1, -0.05) is 67.3 Å². The summed E-state index contributed by atoms with van der Waals surface area (Å²) in [6.45, 7) is 3.78. The molecular formula is C17H16O2. The second kappa shape index (κ2) is 6.55. The Hall–Kier alpha value is -2.35. The van der Waals surface area contributed by atoms with E-state index >= 15 is 0 Å². The summed E-state index contributed by atoms with van der Waals surface area (Å²) >= 11 is 0. The standard InChI is InChI=1S/C17H16O2/c1-2-12-19-17(18)13-15-10-6-7-11-16(15)14-8-4-3-5-9-14/h2-11H,1,12-13H2. The molecule has 2 rings (SSSR count). The molecule has 19 heavy (non-hydrogen) atoms. The zero-order chi connectivity index (χ0) is 13.5. The van der Waals surface area contributed by atoms with Crippen LogP contribution in [-0.2, 0) is 16.0 Å². The number of hydrogen-bond donors (Lipinski definition) is 0. The average molecular weight is 252 g/mol. The van der Waals surface area contributed by atoms with Gasteiger partial charge in [0.2, 0.25) is 0 Å². The fraction of sp³-hybridized carbons (Fsp3) is 0.118. The second-order valence-corrected chi connectivity index (χ2v) is 4.17. The van der Waals surface area contributed by atoms with Crippen molar-refractivity contribution in [3.05, 3.63) is 72.8 Å².